The summed E-state index contributed by atoms with van der Waals surface area (Å²) in [6.07, 6.45) is 7.42. The Hall–Kier alpha value is -2.38. The molecule has 2 amide bonds. The van der Waals surface area contributed by atoms with E-state index in [-0.39, 0.29) is 17.7 Å². The first-order valence-electron chi connectivity index (χ1n) is 10.6. The van der Waals surface area contributed by atoms with Gasteiger partial charge >= 0.3 is 0 Å². The molecule has 0 radical (unpaired) electrons. The molecule has 164 valence electrons. The lowest BCUT2D eigenvalue weighted by Gasteiger charge is -2.39. The van der Waals surface area contributed by atoms with Crippen molar-refractivity contribution < 1.29 is 9.59 Å². The van der Waals surface area contributed by atoms with Crippen LogP contribution in [-0.2, 0) is 9.59 Å². The van der Waals surface area contributed by atoms with E-state index >= 15 is 0 Å². The molecule has 2 saturated heterocycles. The molecule has 2 aliphatic rings. The number of halogens is 2. The molecular weight excluding hydrogens is 437 g/mol. The fraction of sp³-hybridized carbons (Fsp3) is 0.455. The van der Waals surface area contributed by atoms with Crippen LogP contribution in [0, 0.1) is 5.92 Å². The highest BCUT2D eigenvalue weighted by molar-refractivity contribution is 6.42. The average Bonchev–Trinajstić information content (AvgIpc) is 2.81. The third kappa shape index (κ3) is 5.10. The molecular formula is C22H25Cl2N5O2. The van der Waals surface area contributed by atoms with Crippen LogP contribution in [0.15, 0.2) is 36.7 Å². The Morgan fingerprint density at radius 2 is 1.71 bits per heavy atom. The van der Waals surface area contributed by atoms with E-state index in [0.29, 0.717) is 34.6 Å². The van der Waals surface area contributed by atoms with Crippen LogP contribution in [0.1, 0.15) is 32.1 Å². The fourth-order valence-corrected chi connectivity index (χ4v) is 4.58. The highest BCUT2D eigenvalue weighted by atomic mass is 35.5. The maximum Gasteiger partial charge on any atom is 0.247 e. The molecule has 0 bridgehead atoms. The van der Waals surface area contributed by atoms with Crippen molar-refractivity contribution in [3.8, 4) is 0 Å². The SMILES string of the molecule is O=C(Nc1ccc(Cl)c(Cl)c1)C1CCCCN1C(=O)C1CCN(c2ncccn2)CC1. The number of carbonyl (C=O) groups excluding carboxylic acids is 2. The number of likely N-dealkylation sites (tertiary alicyclic amines) is 1. The molecule has 2 aliphatic heterocycles. The first-order valence-corrected chi connectivity index (χ1v) is 11.4. The Bertz CT molecular complexity index is 935. The van der Waals surface area contributed by atoms with Gasteiger partial charge in [-0.2, -0.15) is 0 Å². The summed E-state index contributed by atoms with van der Waals surface area (Å²) in [7, 11) is 0. The van der Waals surface area contributed by atoms with Gasteiger partial charge in [0.2, 0.25) is 17.8 Å². The highest BCUT2D eigenvalue weighted by Gasteiger charge is 2.37. The predicted molar refractivity (Wildman–Crippen MR) is 121 cm³/mol. The minimum atomic E-state index is -0.466. The van der Waals surface area contributed by atoms with Crippen LogP contribution in [0.5, 0.6) is 0 Å². The maximum absolute atomic E-state index is 13.3. The van der Waals surface area contributed by atoms with E-state index in [4.69, 9.17) is 23.2 Å². The lowest BCUT2D eigenvalue weighted by atomic mass is 9.92. The lowest BCUT2D eigenvalue weighted by molar-refractivity contribution is -0.144. The third-order valence-electron chi connectivity index (χ3n) is 5.95. The number of anilines is 2. The van der Waals surface area contributed by atoms with Gasteiger partial charge in [0, 0.05) is 43.6 Å². The van der Waals surface area contributed by atoms with Crippen molar-refractivity contribution in [2.75, 3.05) is 29.9 Å². The van der Waals surface area contributed by atoms with Gasteiger partial charge < -0.3 is 15.1 Å². The Kier molecular flexibility index (Phi) is 6.92. The first kappa shape index (κ1) is 21.8. The van der Waals surface area contributed by atoms with E-state index in [1.807, 2.05) is 0 Å². The number of piperidine rings is 2. The molecule has 2 aromatic rings. The van der Waals surface area contributed by atoms with Gasteiger partial charge in [-0.05, 0) is 56.4 Å². The van der Waals surface area contributed by atoms with Gasteiger partial charge in [-0.3, -0.25) is 9.59 Å². The zero-order valence-corrected chi connectivity index (χ0v) is 18.6. The van der Waals surface area contributed by atoms with Crippen LogP contribution in [0.3, 0.4) is 0 Å². The molecule has 2 fully saturated rings. The van der Waals surface area contributed by atoms with E-state index < -0.39 is 6.04 Å². The first-order chi connectivity index (χ1) is 15.0. The van der Waals surface area contributed by atoms with Crippen molar-refractivity contribution in [2.24, 2.45) is 5.92 Å². The van der Waals surface area contributed by atoms with Crippen molar-refractivity contribution >= 4 is 46.7 Å². The highest BCUT2D eigenvalue weighted by Crippen LogP contribution is 2.28. The fourth-order valence-electron chi connectivity index (χ4n) is 4.28. The van der Waals surface area contributed by atoms with Crippen LogP contribution < -0.4 is 10.2 Å². The molecule has 7 nitrogen and oxygen atoms in total. The van der Waals surface area contributed by atoms with Gasteiger partial charge in [0.25, 0.3) is 0 Å². The summed E-state index contributed by atoms with van der Waals surface area (Å²) < 4.78 is 0. The zero-order chi connectivity index (χ0) is 21.8. The second-order valence-corrected chi connectivity index (χ2v) is 8.79. The normalized spacial score (nSPS) is 19.9. The topological polar surface area (TPSA) is 78.4 Å². The number of rotatable bonds is 4. The molecule has 0 aliphatic carbocycles. The molecule has 9 heteroatoms. The summed E-state index contributed by atoms with van der Waals surface area (Å²) in [4.78, 5) is 38.8. The van der Waals surface area contributed by atoms with E-state index in [1.54, 1.807) is 41.6 Å². The van der Waals surface area contributed by atoms with Crippen molar-refractivity contribution in [1.29, 1.82) is 0 Å². The monoisotopic (exact) mass is 461 g/mol. The summed E-state index contributed by atoms with van der Waals surface area (Å²) >= 11 is 12.0. The van der Waals surface area contributed by atoms with Crippen molar-refractivity contribution in [3.63, 3.8) is 0 Å². The number of nitrogens with one attached hydrogen (secondary N) is 1. The molecule has 1 unspecified atom stereocenters. The molecule has 0 spiro atoms. The lowest BCUT2D eigenvalue weighted by Crippen LogP contribution is -2.53. The van der Waals surface area contributed by atoms with Crippen LogP contribution in [0.4, 0.5) is 11.6 Å². The average molecular weight is 462 g/mol. The molecule has 1 N–H and O–H groups in total. The van der Waals surface area contributed by atoms with Crippen molar-refractivity contribution in [3.05, 3.63) is 46.7 Å². The Morgan fingerprint density at radius 3 is 2.42 bits per heavy atom. The number of hydrogen-bond donors (Lipinski definition) is 1. The van der Waals surface area contributed by atoms with Gasteiger partial charge in [0.05, 0.1) is 10.0 Å². The Morgan fingerprint density at radius 1 is 0.968 bits per heavy atom. The molecule has 3 heterocycles. The molecule has 1 atom stereocenters. The Labute approximate surface area is 191 Å². The second-order valence-electron chi connectivity index (χ2n) is 7.97. The number of carbonyl (C=O) groups is 2. The van der Waals surface area contributed by atoms with Gasteiger partial charge in [-0.15, -0.1) is 0 Å². The van der Waals surface area contributed by atoms with E-state index in [0.717, 1.165) is 38.8 Å². The van der Waals surface area contributed by atoms with Crippen LogP contribution in [0.2, 0.25) is 10.0 Å². The third-order valence-corrected chi connectivity index (χ3v) is 6.69. The summed E-state index contributed by atoms with van der Waals surface area (Å²) in [5, 5.41) is 3.71. The van der Waals surface area contributed by atoms with Gasteiger partial charge in [0.1, 0.15) is 6.04 Å². The summed E-state index contributed by atoms with van der Waals surface area (Å²) in [5.74, 6) is 0.507. The number of hydrogen-bond acceptors (Lipinski definition) is 5. The second kappa shape index (κ2) is 9.83. The summed E-state index contributed by atoms with van der Waals surface area (Å²) in [6, 6.07) is 6.30. The van der Waals surface area contributed by atoms with Crippen molar-refractivity contribution in [1.82, 2.24) is 14.9 Å². The van der Waals surface area contributed by atoms with E-state index in [2.05, 4.69) is 20.2 Å². The number of benzene rings is 1. The number of nitrogens with zero attached hydrogens (tertiary/aromatic N) is 4. The van der Waals surface area contributed by atoms with Gasteiger partial charge in [0.15, 0.2) is 0 Å². The molecule has 31 heavy (non-hydrogen) atoms. The number of amides is 2. The number of aromatic nitrogens is 2. The van der Waals surface area contributed by atoms with Gasteiger partial charge in [-0.1, -0.05) is 23.2 Å². The minimum Gasteiger partial charge on any atom is -0.341 e. The molecule has 1 aromatic heterocycles. The Balaban J connectivity index is 1.39. The molecule has 1 aromatic carbocycles. The van der Waals surface area contributed by atoms with Crippen molar-refractivity contribution in [2.45, 2.75) is 38.1 Å². The van der Waals surface area contributed by atoms with Crippen LogP contribution >= 0.6 is 23.2 Å². The van der Waals surface area contributed by atoms with Crippen LogP contribution in [0.25, 0.3) is 0 Å². The largest absolute Gasteiger partial charge is 0.341 e. The molecule has 4 rings (SSSR count). The van der Waals surface area contributed by atoms with Crippen LogP contribution in [-0.4, -0.2) is 52.4 Å². The minimum absolute atomic E-state index is 0.0719. The standard InChI is InChI=1S/C22H25Cl2N5O2/c23-17-6-5-16(14-18(17)24)27-20(30)19-4-1-2-11-29(19)21(31)15-7-12-28(13-8-15)22-25-9-3-10-26-22/h3,5-6,9-10,14-15,19H,1-2,4,7-8,11-13H2,(H,27,30). The zero-order valence-electron chi connectivity index (χ0n) is 17.1. The quantitative estimate of drug-likeness (QED) is 0.743. The van der Waals surface area contributed by atoms with E-state index in [1.165, 1.54) is 0 Å². The smallest absolute Gasteiger partial charge is 0.247 e. The summed E-state index contributed by atoms with van der Waals surface area (Å²) in [6.45, 7) is 2.07. The summed E-state index contributed by atoms with van der Waals surface area (Å²) in [5.41, 5.74) is 0.577. The van der Waals surface area contributed by atoms with E-state index in [9.17, 15) is 9.59 Å². The predicted octanol–water partition coefficient (Wildman–Crippen LogP) is 4.02. The van der Waals surface area contributed by atoms with Gasteiger partial charge in [-0.25, -0.2) is 9.97 Å². The maximum atomic E-state index is 13.3. The molecule has 0 saturated carbocycles.